The molecule has 1 aromatic rings. The van der Waals surface area contributed by atoms with E-state index < -0.39 is 5.97 Å². The Kier molecular flexibility index (Phi) is 4.32. The zero-order chi connectivity index (χ0) is 10.4. The van der Waals surface area contributed by atoms with E-state index in [0.717, 1.165) is 10.6 Å². The predicted molar refractivity (Wildman–Crippen MR) is 59.0 cm³/mol. The molecular formula is C10H13NO2S. The van der Waals surface area contributed by atoms with Crippen LogP contribution in [-0.4, -0.2) is 23.9 Å². The van der Waals surface area contributed by atoms with Gasteiger partial charge < -0.3 is 10.4 Å². The van der Waals surface area contributed by atoms with Gasteiger partial charge in [-0.25, -0.2) is 0 Å². The third-order valence-electron chi connectivity index (χ3n) is 1.76. The number of benzene rings is 1. The van der Waals surface area contributed by atoms with Gasteiger partial charge in [-0.2, -0.15) is 0 Å². The highest BCUT2D eigenvalue weighted by atomic mass is 32.2. The first-order valence-electron chi connectivity index (χ1n) is 4.32. The summed E-state index contributed by atoms with van der Waals surface area (Å²) >= 11 is 1.64. The van der Waals surface area contributed by atoms with Crippen molar-refractivity contribution in [2.45, 2.75) is 11.3 Å². The van der Waals surface area contributed by atoms with Gasteiger partial charge in [0.05, 0.1) is 6.42 Å². The van der Waals surface area contributed by atoms with Gasteiger partial charge in [0.1, 0.15) is 0 Å². The molecule has 0 heterocycles. The molecule has 0 atom stereocenters. The first-order valence-corrected chi connectivity index (χ1v) is 5.55. The minimum absolute atomic E-state index is 0.142. The molecule has 1 rings (SSSR count). The van der Waals surface area contributed by atoms with Crippen LogP contribution in [0.1, 0.15) is 6.42 Å². The van der Waals surface area contributed by atoms with E-state index in [0.29, 0.717) is 6.54 Å². The number of rotatable bonds is 5. The van der Waals surface area contributed by atoms with Crippen molar-refractivity contribution in [3.8, 4) is 0 Å². The molecule has 76 valence electrons. The van der Waals surface area contributed by atoms with E-state index >= 15 is 0 Å². The molecule has 0 aromatic heterocycles. The monoisotopic (exact) mass is 211 g/mol. The van der Waals surface area contributed by atoms with Crippen molar-refractivity contribution in [3.05, 3.63) is 24.3 Å². The molecule has 2 N–H and O–H groups in total. The number of thioether (sulfide) groups is 1. The molecule has 0 aliphatic carbocycles. The van der Waals surface area contributed by atoms with Crippen molar-refractivity contribution in [1.29, 1.82) is 0 Å². The van der Waals surface area contributed by atoms with Crippen LogP contribution < -0.4 is 5.32 Å². The number of carboxylic acids is 1. The summed E-state index contributed by atoms with van der Waals surface area (Å²) in [7, 11) is 0. The van der Waals surface area contributed by atoms with Crippen LogP contribution in [0.3, 0.4) is 0 Å². The highest BCUT2D eigenvalue weighted by molar-refractivity contribution is 7.98. The first kappa shape index (κ1) is 10.9. The van der Waals surface area contributed by atoms with Gasteiger partial charge in [-0.05, 0) is 18.4 Å². The molecule has 14 heavy (non-hydrogen) atoms. The molecule has 0 unspecified atom stereocenters. The molecule has 0 saturated carbocycles. The topological polar surface area (TPSA) is 49.3 Å². The summed E-state index contributed by atoms with van der Waals surface area (Å²) in [6.07, 6.45) is 2.14. The van der Waals surface area contributed by atoms with Crippen LogP contribution >= 0.6 is 11.8 Å². The molecule has 0 fully saturated rings. The largest absolute Gasteiger partial charge is 0.481 e. The number of nitrogens with one attached hydrogen (secondary N) is 1. The molecule has 0 amide bonds. The number of aliphatic carboxylic acids is 1. The van der Waals surface area contributed by atoms with Crippen molar-refractivity contribution in [2.75, 3.05) is 18.1 Å². The number of carbonyl (C=O) groups is 1. The standard InChI is InChI=1S/C10H13NO2S/c1-14-9-5-3-2-4-8(9)11-7-6-10(12)13/h2-5,11H,6-7H2,1H3,(H,12,13). The maximum Gasteiger partial charge on any atom is 0.305 e. The summed E-state index contributed by atoms with van der Waals surface area (Å²) < 4.78 is 0. The van der Waals surface area contributed by atoms with Crippen molar-refractivity contribution < 1.29 is 9.90 Å². The predicted octanol–water partition coefficient (Wildman–Crippen LogP) is 2.30. The SMILES string of the molecule is CSc1ccccc1NCCC(=O)O. The molecule has 0 aliphatic rings. The number of hydrogen-bond acceptors (Lipinski definition) is 3. The molecule has 1 aromatic carbocycles. The third-order valence-corrected chi connectivity index (χ3v) is 2.56. The molecule has 3 nitrogen and oxygen atoms in total. The molecule has 0 radical (unpaired) electrons. The summed E-state index contributed by atoms with van der Waals surface area (Å²) in [5.74, 6) is -0.779. The number of hydrogen-bond donors (Lipinski definition) is 2. The van der Waals surface area contributed by atoms with Gasteiger partial charge in [-0.1, -0.05) is 12.1 Å². The van der Waals surface area contributed by atoms with Gasteiger partial charge in [0.2, 0.25) is 0 Å². The van der Waals surface area contributed by atoms with Crippen molar-refractivity contribution in [1.82, 2.24) is 0 Å². The van der Waals surface area contributed by atoms with Crippen molar-refractivity contribution in [2.24, 2.45) is 0 Å². The second-order valence-electron chi connectivity index (χ2n) is 2.77. The summed E-state index contributed by atoms with van der Waals surface area (Å²) in [6, 6.07) is 7.86. The van der Waals surface area contributed by atoms with Gasteiger partial charge in [0.15, 0.2) is 0 Å². The van der Waals surface area contributed by atoms with E-state index in [9.17, 15) is 4.79 Å². The van der Waals surface area contributed by atoms with E-state index in [1.165, 1.54) is 0 Å². The molecule has 0 saturated heterocycles. The highest BCUT2D eigenvalue weighted by Gasteiger charge is 2.00. The number of para-hydroxylation sites is 1. The normalized spacial score (nSPS) is 9.79. The lowest BCUT2D eigenvalue weighted by Gasteiger charge is -2.08. The van der Waals surface area contributed by atoms with Crippen molar-refractivity contribution in [3.63, 3.8) is 0 Å². The second kappa shape index (κ2) is 5.54. The average molecular weight is 211 g/mol. The lowest BCUT2D eigenvalue weighted by molar-refractivity contribution is -0.136. The summed E-state index contributed by atoms with van der Waals surface area (Å²) in [5, 5.41) is 11.6. The first-order chi connectivity index (χ1) is 6.74. The smallest absolute Gasteiger partial charge is 0.305 e. The quantitative estimate of drug-likeness (QED) is 0.734. The molecule has 0 aliphatic heterocycles. The molecule has 0 bridgehead atoms. The fourth-order valence-corrected chi connectivity index (χ4v) is 1.67. The second-order valence-corrected chi connectivity index (χ2v) is 3.62. The summed E-state index contributed by atoms with van der Waals surface area (Å²) in [5.41, 5.74) is 1.00. The van der Waals surface area contributed by atoms with Crippen LogP contribution in [-0.2, 0) is 4.79 Å². The van der Waals surface area contributed by atoms with Crippen LogP contribution in [0.2, 0.25) is 0 Å². The Morgan fingerprint density at radius 1 is 1.50 bits per heavy atom. The fourth-order valence-electron chi connectivity index (χ4n) is 1.09. The van der Waals surface area contributed by atoms with E-state index in [2.05, 4.69) is 5.32 Å². The summed E-state index contributed by atoms with van der Waals surface area (Å²) in [4.78, 5) is 11.4. The molecule has 4 heteroatoms. The minimum atomic E-state index is -0.779. The zero-order valence-electron chi connectivity index (χ0n) is 7.99. The van der Waals surface area contributed by atoms with Gasteiger partial charge in [0, 0.05) is 17.1 Å². The lowest BCUT2D eigenvalue weighted by atomic mass is 10.3. The van der Waals surface area contributed by atoms with E-state index in [-0.39, 0.29) is 6.42 Å². The van der Waals surface area contributed by atoms with Crippen LogP contribution in [0, 0.1) is 0 Å². The third kappa shape index (κ3) is 3.30. The molecule has 0 spiro atoms. The zero-order valence-corrected chi connectivity index (χ0v) is 8.80. The minimum Gasteiger partial charge on any atom is -0.481 e. The summed E-state index contributed by atoms with van der Waals surface area (Å²) in [6.45, 7) is 0.465. The fraction of sp³-hybridized carbons (Fsp3) is 0.300. The Morgan fingerprint density at radius 2 is 2.21 bits per heavy atom. The maximum atomic E-state index is 10.3. The van der Waals surface area contributed by atoms with E-state index in [1.807, 2.05) is 30.5 Å². The van der Waals surface area contributed by atoms with Gasteiger partial charge in [-0.3, -0.25) is 4.79 Å². The Bertz CT molecular complexity index is 315. The van der Waals surface area contributed by atoms with Crippen LogP contribution in [0.5, 0.6) is 0 Å². The Labute approximate surface area is 87.5 Å². The Hall–Kier alpha value is -1.16. The lowest BCUT2D eigenvalue weighted by Crippen LogP contribution is -2.07. The Balaban J connectivity index is 2.53. The van der Waals surface area contributed by atoms with Crippen LogP contribution in [0.25, 0.3) is 0 Å². The van der Waals surface area contributed by atoms with Gasteiger partial charge >= 0.3 is 5.97 Å². The van der Waals surface area contributed by atoms with E-state index in [4.69, 9.17) is 5.11 Å². The maximum absolute atomic E-state index is 10.3. The number of anilines is 1. The average Bonchev–Trinajstić information content (AvgIpc) is 2.18. The molecular weight excluding hydrogens is 198 g/mol. The highest BCUT2D eigenvalue weighted by Crippen LogP contribution is 2.24. The van der Waals surface area contributed by atoms with E-state index in [1.54, 1.807) is 11.8 Å². The van der Waals surface area contributed by atoms with Crippen LogP contribution in [0.15, 0.2) is 29.2 Å². The number of carboxylic acid groups (broad SMARTS) is 1. The van der Waals surface area contributed by atoms with Gasteiger partial charge in [-0.15, -0.1) is 11.8 Å². The van der Waals surface area contributed by atoms with Gasteiger partial charge in [0.25, 0.3) is 0 Å². The van der Waals surface area contributed by atoms with Crippen molar-refractivity contribution >= 4 is 23.4 Å². The Morgan fingerprint density at radius 3 is 2.86 bits per heavy atom. The van der Waals surface area contributed by atoms with Crippen LogP contribution in [0.4, 0.5) is 5.69 Å².